The van der Waals surface area contributed by atoms with E-state index in [9.17, 15) is 0 Å². The summed E-state index contributed by atoms with van der Waals surface area (Å²) in [5, 5.41) is 0. The molecule has 1 aliphatic rings. The van der Waals surface area contributed by atoms with Crippen molar-refractivity contribution < 1.29 is 0 Å². The Labute approximate surface area is 91.6 Å². The van der Waals surface area contributed by atoms with Gasteiger partial charge in [0, 0.05) is 23.4 Å². The molecule has 0 N–H and O–H groups in total. The van der Waals surface area contributed by atoms with Gasteiger partial charge in [-0.1, -0.05) is 0 Å². The highest BCUT2D eigenvalue weighted by atomic mass is 127. The van der Waals surface area contributed by atoms with Crippen LogP contribution in [0, 0.1) is 6.92 Å². The quantitative estimate of drug-likeness (QED) is 0.683. The van der Waals surface area contributed by atoms with E-state index in [2.05, 4.69) is 50.3 Å². The fourth-order valence-electron chi connectivity index (χ4n) is 1.66. The first-order valence-corrected chi connectivity index (χ1v) is 5.37. The number of hydrogen-bond donors (Lipinski definition) is 0. The summed E-state index contributed by atoms with van der Waals surface area (Å²) in [6.45, 7) is 3.09. The van der Waals surface area contributed by atoms with Crippen molar-refractivity contribution in [3.63, 3.8) is 0 Å². The molecule has 0 saturated carbocycles. The van der Waals surface area contributed by atoms with Gasteiger partial charge in [0.1, 0.15) is 5.82 Å². The van der Waals surface area contributed by atoms with E-state index >= 15 is 0 Å². The van der Waals surface area contributed by atoms with Crippen LogP contribution < -0.4 is 4.90 Å². The molecular weight excluding hydrogens is 277 g/mol. The van der Waals surface area contributed by atoms with E-state index in [0.717, 1.165) is 18.7 Å². The van der Waals surface area contributed by atoms with E-state index in [1.165, 1.54) is 9.40 Å². The molecule has 0 saturated heterocycles. The van der Waals surface area contributed by atoms with Gasteiger partial charge in [0.05, 0.1) is 12.0 Å². The second-order valence-electron chi connectivity index (χ2n) is 3.28. The van der Waals surface area contributed by atoms with E-state index in [-0.39, 0.29) is 0 Å². The number of hydrogen-bond acceptors (Lipinski definition) is 2. The molecule has 0 bridgehead atoms. The largest absolute Gasteiger partial charge is 0.335 e. The van der Waals surface area contributed by atoms with E-state index in [0.29, 0.717) is 0 Å². The Hall–Kier alpha value is -0.520. The van der Waals surface area contributed by atoms with Gasteiger partial charge in [0.2, 0.25) is 0 Å². The summed E-state index contributed by atoms with van der Waals surface area (Å²) < 4.78 is 3.60. The van der Waals surface area contributed by atoms with Crippen molar-refractivity contribution in [1.82, 2.24) is 9.55 Å². The molecule has 13 heavy (non-hydrogen) atoms. The number of allylic oxidation sites excluding steroid dienone is 1. The molecule has 0 amide bonds. The van der Waals surface area contributed by atoms with Crippen molar-refractivity contribution in [3.8, 4) is 0 Å². The lowest BCUT2D eigenvalue weighted by Gasteiger charge is -2.14. The zero-order chi connectivity index (χ0) is 9.42. The normalized spacial score (nSPS) is 16.5. The molecule has 0 radical (unpaired) electrons. The van der Waals surface area contributed by atoms with E-state index in [4.69, 9.17) is 0 Å². The van der Waals surface area contributed by atoms with Gasteiger partial charge < -0.3 is 9.47 Å². The second kappa shape index (κ2) is 3.32. The van der Waals surface area contributed by atoms with E-state index in [1.54, 1.807) is 0 Å². The van der Waals surface area contributed by atoms with Gasteiger partial charge in [-0.15, -0.1) is 0 Å². The molecule has 0 spiro atoms. The molecule has 0 unspecified atom stereocenters. The maximum Gasteiger partial charge on any atom is 0.135 e. The monoisotopic (exact) mass is 289 g/mol. The summed E-state index contributed by atoms with van der Waals surface area (Å²) in [7, 11) is 2.07. The third-order valence-electron chi connectivity index (χ3n) is 2.25. The van der Waals surface area contributed by atoms with Crippen LogP contribution in [0.4, 0.5) is 5.82 Å². The fourth-order valence-corrected chi connectivity index (χ4v) is 2.32. The van der Waals surface area contributed by atoms with Crippen LogP contribution in [-0.4, -0.2) is 16.6 Å². The number of aryl methyl sites for hydroxylation is 2. The highest BCUT2D eigenvalue weighted by molar-refractivity contribution is 14.1. The highest BCUT2D eigenvalue weighted by Gasteiger charge is 2.14. The lowest BCUT2D eigenvalue weighted by Crippen LogP contribution is -2.12. The van der Waals surface area contributed by atoms with Gasteiger partial charge in [-0.05, 0) is 35.9 Å². The first kappa shape index (κ1) is 9.05. The molecule has 4 heteroatoms. The van der Waals surface area contributed by atoms with Crippen molar-refractivity contribution in [2.24, 2.45) is 0 Å². The second-order valence-corrected chi connectivity index (χ2v) is 4.67. The fraction of sp³-hybridized carbons (Fsp3) is 0.444. The summed E-state index contributed by atoms with van der Waals surface area (Å²) in [6, 6.07) is 0. The zero-order valence-corrected chi connectivity index (χ0v) is 9.95. The Morgan fingerprint density at radius 1 is 1.54 bits per heavy atom. The number of imidazole rings is 1. The maximum absolute atomic E-state index is 4.30. The first-order chi connectivity index (χ1) is 6.18. The van der Waals surface area contributed by atoms with E-state index < -0.39 is 0 Å². The van der Waals surface area contributed by atoms with Gasteiger partial charge in [0.25, 0.3) is 0 Å². The number of rotatable bonds is 0. The molecule has 70 valence electrons. The van der Waals surface area contributed by atoms with Crippen molar-refractivity contribution in [2.45, 2.75) is 19.9 Å². The van der Waals surface area contributed by atoms with Crippen molar-refractivity contribution in [3.05, 3.63) is 21.8 Å². The SMILES string of the molecule is Cc1ncn2c1N(C)C=C(I)CC2. The predicted octanol–water partition coefficient (Wildman–Crippen LogP) is 2.31. The number of fused-ring (bicyclic) bond motifs is 1. The van der Waals surface area contributed by atoms with Crippen LogP contribution in [0.3, 0.4) is 0 Å². The van der Waals surface area contributed by atoms with Gasteiger partial charge >= 0.3 is 0 Å². The minimum atomic E-state index is 1.04. The van der Waals surface area contributed by atoms with Crippen LogP contribution in [0.25, 0.3) is 0 Å². The minimum absolute atomic E-state index is 1.04. The first-order valence-electron chi connectivity index (χ1n) is 4.29. The average Bonchev–Trinajstić information content (AvgIpc) is 2.36. The minimum Gasteiger partial charge on any atom is -0.335 e. The Morgan fingerprint density at radius 2 is 2.31 bits per heavy atom. The summed E-state index contributed by atoms with van der Waals surface area (Å²) in [6.07, 6.45) is 5.20. The van der Waals surface area contributed by atoms with Crippen LogP contribution in [0.5, 0.6) is 0 Å². The van der Waals surface area contributed by atoms with Crippen LogP contribution in [0.1, 0.15) is 12.1 Å². The molecule has 2 rings (SSSR count). The van der Waals surface area contributed by atoms with Crippen LogP contribution in [0.15, 0.2) is 16.1 Å². The lowest BCUT2D eigenvalue weighted by atomic mass is 10.4. The molecule has 0 aromatic carbocycles. The molecule has 1 aliphatic heterocycles. The molecule has 0 atom stereocenters. The molecule has 1 aromatic heterocycles. The van der Waals surface area contributed by atoms with Crippen LogP contribution >= 0.6 is 22.6 Å². The van der Waals surface area contributed by atoms with Gasteiger partial charge in [-0.2, -0.15) is 0 Å². The van der Waals surface area contributed by atoms with E-state index in [1.807, 2.05) is 13.3 Å². The average molecular weight is 289 g/mol. The molecule has 0 fully saturated rings. The molecule has 2 heterocycles. The van der Waals surface area contributed by atoms with Gasteiger partial charge in [0.15, 0.2) is 0 Å². The van der Waals surface area contributed by atoms with Crippen LogP contribution in [0.2, 0.25) is 0 Å². The van der Waals surface area contributed by atoms with Gasteiger partial charge in [-0.3, -0.25) is 0 Å². The Morgan fingerprint density at radius 3 is 3.08 bits per heavy atom. The highest BCUT2D eigenvalue weighted by Crippen LogP contribution is 2.25. The third-order valence-corrected chi connectivity index (χ3v) is 3.06. The summed E-state index contributed by atoms with van der Waals surface area (Å²) in [4.78, 5) is 6.45. The Balaban J connectivity index is 2.47. The Kier molecular flexibility index (Phi) is 2.31. The number of nitrogens with zero attached hydrogens (tertiary/aromatic N) is 3. The maximum atomic E-state index is 4.30. The standard InChI is InChI=1S/C9H12IN3/c1-7-9-12(2)5-8(10)3-4-13(9)6-11-7/h5-6H,3-4H2,1-2H3. The van der Waals surface area contributed by atoms with Crippen LogP contribution in [-0.2, 0) is 6.54 Å². The molecule has 1 aromatic rings. The van der Waals surface area contributed by atoms with Crippen molar-refractivity contribution in [1.29, 1.82) is 0 Å². The lowest BCUT2D eigenvalue weighted by molar-refractivity contribution is 0.715. The third kappa shape index (κ3) is 1.59. The van der Waals surface area contributed by atoms with Crippen molar-refractivity contribution >= 4 is 28.4 Å². The smallest absolute Gasteiger partial charge is 0.135 e. The predicted molar refractivity (Wildman–Crippen MR) is 62.1 cm³/mol. The molecule has 0 aliphatic carbocycles. The number of aromatic nitrogens is 2. The molecule has 3 nitrogen and oxygen atoms in total. The summed E-state index contributed by atoms with van der Waals surface area (Å²) in [5.41, 5.74) is 1.10. The number of anilines is 1. The van der Waals surface area contributed by atoms with Gasteiger partial charge in [-0.25, -0.2) is 4.98 Å². The van der Waals surface area contributed by atoms with Crippen molar-refractivity contribution in [2.75, 3.05) is 11.9 Å². The molecular formula is C9H12IN3. The number of halogens is 1. The summed E-state index contributed by atoms with van der Waals surface area (Å²) in [5.74, 6) is 1.21. The summed E-state index contributed by atoms with van der Waals surface area (Å²) >= 11 is 2.39. The Bertz CT molecular complexity index is 354. The zero-order valence-electron chi connectivity index (χ0n) is 7.79. The topological polar surface area (TPSA) is 21.1 Å².